The topological polar surface area (TPSA) is 0 Å². The average molecular weight is 400 g/mol. The lowest BCUT2D eigenvalue weighted by Gasteiger charge is -2.61. The van der Waals surface area contributed by atoms with E-state index < -0.39 is 0 Å². The van der Waals surface area contributed by atoms with Crippen LogP contribution in [-0.2, 0) is 0 Å². The second-order valence-electron chi connectivity index (χ2n) is 12.9. The smallest absolute Gasteiger partial charge is 0.0264 e. The van der Waals surface area contributed by atoms with Crippen molar-refractivity contribution in [2.45, 2.75) is 119 Å². The number of hydrogen-bond acceptors (Lipinski definition) is 0. The maximum atomic E-state index is 2.75. The fourth-order valence-electron chi connectivity index (χ4n) is 9.71. The summed E-state index contributed by atoms with van der Waals surface area (Å²) in [6.07, 6.45) is 20.5. The fourth-order valence-corrected chi connectivity index (χ4v) is 9.71. The lowest BCUT2D eigenvalue weighted by Crippen LogP contribution is -2.53. The minimum Gasteiger partial charge on any atom is -0.0651 e. The molecule has 0 amide bonds. The molecular formula is C29H51. The summed E-state index contributed by atoms with van der Waals surface area (Å²) in [6.45, 7) is 15.4. The van der Waals surface area contributed by atoms with Crippen molar-refractivity contribution in [3.8, 4) is 0 Å². The molecule has 0 saturated heterocycles. The molecule has 0 heterocycles. The van der Waals surface area contributed by atoms with E-state index in [0.717, 1.165) is 47.3 Å². The van der Waals surface area contributed by atoms with Gasteiger partial charge in [-0.05, 0) is 129 Å². The Morgan fingerprint density at radius 3 is 2.34 bits per heavy atom. The third-order valence-electron chi connectivity index (χ3n) is 11.6. The van der Waals surface area contributed by atoms with Crippen LogP contribution < -0.4 is 0 Å². The Hall–Kier alpha value is 0. The molecule has 29 heavy (non-hydrogen) atoms. The van der Waals surface area contributed by atoms with Crippen LogP contribution in [0.15, 0.2) is 0 Å². The molecule has 0 aromatic heterocycles. The standard InChI is InChI=1S/C29H51/c1-7-22(20(2)3)12-11-21(4)25-15-16-26-24-14-13-23-10-8-9-18-28(23,5)27(24)17-19-29(25,26)6/h8,20-27H,7,9-19H2,1-6H3/t21-,22-,23-,24+,25-,26+,27+,28+,29-/m1/s1. The first kappa shape index (κ1) is 22.2. The van der Waals surface area contributed by atoms with Gasteiger partial charge in [0, 0.05) is 0 Å². The van der Waals surface area contributed by atoms with Crippen LogP contribution in [0.3, 0.4) is 0 Å². The van der Waals surface area contributed by atoms with E-state index in [1.807, 2.05) is 0 Å². The van der Waals surface area contributed by atoms with Gasteiger partial charge in [0.25, 0.3) is 0 Å². The molecule has 0 aliphatic heterocycles. The van der Waals surface area contributed by atoms with E-state index in [2.05, 4.69) is 48.0 Å². The summed E-state index contributed by atoms with van der Waals surface area (Å²) in [6, 6.07) is 0. The number of rotatable bonds is 6. The molecule has 0 heteroatoms. The Labute approximate surface area is 183 Å². The van der Waals surface area contributed by atoms with Crippen LogP contribution in [0.2, 0.25) is 0 Å². The van der Waals surface area contributed by atoms with Crippen LogP contribution in [0, 0.1) is 64.6 Å². The van der Waals surface area contributed by atoms with Crippen molar-refractivity contribution in [1.29, 1.82) is 0 Å². The second kappa shape index (κ2) is 8.50. The Kier molecular flexibility index (Phi) is 6.51. The minimum atomic E-state index is 0.657. The van der Waals surface area contributed by atoms with Crippen molar-refractivity contribution in [3.63, 3.8) is 0 Å². The summed E-state index contributed by atoms with van der Waals surface area (Å²) in [4.78, 5) is 0. The monoisotopic (exact) mass is 399 g/mol. The lowest BCUT2D eigenvalue weighted by molar-refractivity contribution is -0.109. The first-order valence-corrected chi connectivity index (χ1v) is 13.6. The highest BCUT2D eigenvalue weighted by Crippen LogP contribution is 2.68. The second-order valence-corrected chi connectivity index (χ2v) is 12.9. The predicted octanol–water partition coefficient (Wildman–Crippen LogP) is 8.95. The number of fused-ring (bicyclic) bond motifs is 5. The molecule has 4 rings (SSSR count). The molecule has 1 radical (unpaired) electrons. The van der Waals surface area contributed by atoms with Crippen LogP contribution in [0.5, 0.6) is 0 Å². The lowest BCUT2D eigenvalue weighted by atomic mass is 9.44. The molecule has 0 bridgehead atoms. The van der Waals surface area contributed by atoms with Gasteiger partial charge in [-0.1, -0.05) is 54.4 Å². The number of hydrogen-bond donors (Lipinski definition) is 0. The van der Waals surface area contributed by atoms with Gasteiger partial charge in [0.15, 0.2) is 0 Å². The third kappa shape index (κ3) is 3.75. The average Bonchev–Trinajstić information content (AvgIpc) is 3.05. The van der Waals surface area contributed by atoms with Gasteiger partial charge < -0.3 is 0 Å². The van der Waals surface area contributed by atoms with Gasteiger partial charge in [0.1, 0.15) is 0 Å². The van der Waals surface area contributed by atoms with Crippen molar-refractivity contribution < 1.29 is 0 Å². The Morgan fingerprint density at radius 2 is 1.62 bits per heavy atom. The Balaban J connectivity index is 1.45. The minimum absolute atomic E-state index is 0.657. The quantitative estimate of drug-likeness (QED) is 0.418. The van der Waals surface area contributed by atoms with E-state index in [0.29, 0.717) is 10.8 Å². The van der Waals surface area contributed by atoms with Crippen molar-refractivity contribution in [3.05, 3.63) is 6.42 Å². The zero-order chi connectivity index (χ0) is 20.8. The van der Waals surface area contributed by atoms with Gasteiger partial charge in [-0.25, -0.2) is 0 Å². The molecule has 0 aromatic rings. The summed E-state index contributed by atoms with van der Waals surface area (Å²) in [5.41, 5.74) is 1.33. The van der Waals surface area contributed by atoms with E-state index in [1.54, 1.807) is 25.7 Å². The summed E-state index contributed by atoms with van der Waals surface area (Å²) >= 11 is 0. The normalized spacial score (nSPS) is 46.7. The van der Waals surface area contributed by atoms with E-state index in [-0.39, 0.29) is 0 Å². The molecule has 0 aromatic carbocycles. The zero-order valence-corrected chi connectivity index (χ0v) is 20.7. The van der Waals surface area contributed by atoms with Crippen molar-refractivity contribution in [2.24, 2.45) is 58.2 Å². The van der Waals surface area contributed by atoms with Crippen molar-refractivity contribution in [2.75, 3.05) is 0 Å². The molecule has 4 aliphatic rings. The van der Waals surface area contributed by atoms with Crippen LogP contribution in [0.25, 0.3) is 0 Å². The molecule has 0 spiro atoms. The molecule has 9 atom stereocenters. The summed E-state index contributed by atoms with van der Waals surface area (Å²) < 4.78 is 0. The highest BCUT2D eigenvalue weighted by Gasteiger charge is 2.60. The third-order valence-corrected chi connectivity index (χ3v) is 11.6. The van der Waals surface area contributed by atoms with Crippen LogP contribution in [0.1, 0.15) is 119 Å². The molecular weight excluding hydrogens is 348 g/mol. The molecule has 167 valence electrons. The first-order valence-electron chi connectivity index (χ1n) is 13.6. The van der Waals surface area contributed by atoms with Crippen molar-refractivity contribution >= 4 is 0 Å². The first-order chi connectivity index (χ1) is 13.8. The molecule has 4 fully saturated rings. The molecule has 0 unspecified atom stereocenters. The fraction of sp³-hybridized carbons (Fsp3) is 0.966. The molecule has 0 nitrogen and oxygen atoms in total. The summed E-state index contributed by atoms with van der Waals surface area (Å²) in [5, 5.41) is 0. The van der Waals surface area contributed by atoms with Crippen molar-refractivity contribution in [1.82, 2.24) is 0 Å². The molecule has 4 aliphatic carbocycles. The molecule has 4 saturated carbocycles. The maximum Gasteiger partial charge on any atom is -0.0264 e. The highest BCUT2D eigenvalue weighted by molar-refractivity contribution is 5.10. The SMILES string of the molecule is CC[C@H](CC[C@@H](C)[C@H]1CC[C@H]2[C@@H]3CC[C@H]4C[CH]CC[C@]4(C)[C@H]3CC[C@]12C)C(C)C. The summed E-state index contributed by atoms with van der Waals surface area (Å²) in [7, 11) is 0. The van der Waals surface area contributed by atoms with Gasteiger partial charge in [-0.15, -0.1) is 0 Å². The highest BCUT2D eigenvalue weighted by atomic mass is 14.6. The zero-order valence-electron chi connectivity index (χ0n) is 20.7. The van der Waals surface area contributed by atoms with Crippen LogP contribution >= 0.6 is 0 Å². The molecule has 0 N–H and O–H groups in total. The van der Waals surface area contributed by atoms with Gasteiger partial charge in [-0.2, -0.15) is 0 Å². The van der Waals surface area contributed by atoms with Crippen LogP contribution in [0.4, 0.5) is 0 Å². The van der Waals surface area contributed by atoms with E-state index in [9.17, 15) is 0 Å². The Bertz CT molecular complexity index is 548. The van der Waals surface area contributed by atoms with Crippen LogP contribution in [-0.4, -0.2) is 0 Å². The van der Waals surface area contributed by atoms with Gasteiger partial charge in [0.05, 0.1) is 0 Å². The van der Waals surface area contributed by atoms with E-state index in [1.165, 1.54) is 51.4 Å². The summed E-state index contributed by atoms with van der Waals surface area (Å²) in [5.74, 6) is 7.91. The Morgan fingerprint density at radius 1 is 0.862 bits per heavy atom. The van der Waals surface area contributed by atoms with Gasteiger partial charge in [-0.3, -0.25) is 0 Å². The predicted molar refractivity (Wildman–Crippen MR) is 127 cm³/mol. The van der Waals surface area contributed by atoms with Gasteiger partial charge in [0.2, 0.25) is 0 Å². The van der Waals surface area contributed by atoms with E-state index >= 15 is 0 Å². The van der Waals surface area contributed by atoms with Gasteiger partial charge >= 0.3 is 0 Å². The maximum absolute atomic E-state index is 2.75. The van der Waals surface area contributed by atoms with E-state index in [4.69, 9.17) is 0 Å². The largest absolute Gasteiger partial charge is 0.0651 e.